The van der Waals surface area contributed by atoms with E-state index < -0.39 is 46.4 Å². The highest BCUT2D eigenvalue weighted by molar-refractivity contribution is 6.15. The Morgan fingerprint density at radius 2 is 1.50 bits per heavy atom. The van der Waals surface area contributed by atoms with Crippen molar-refractivity contribution in [3.63, 3.8) is 0 Å². The molecule has 40 heavy (non-hydrogen) atoms. The van der Waals surface area contributed by atoms with Crippen LogP contribution in [0, 0.1) is 11.6 Å². The number of carbonyl (C=O) groups excluding carboxylic acids is 2. The van der Waals surface area contributed by atoms with E-state index in [0.717, 1.165) is 62.7 Å². The zero-order valence-electron chi connectivity index (χ0n) is 22.8. The van der Waals surface area contributed by atoms with Crippen molar-refractivity contribution in [2.45, 2.75) is 70.8 Å². The fourth-order valence-electron chi connectivity index (χ4n) is 3.88. The number of carbonyl (C=O) groups is 2. The van der Waals surface area contributed by atoms with Crippen molar-refractivity contribution in [2.24, 2.45) is 0 Å². The first-order valence-electron chi connectivity index (χ1n) is 13.4. The van der Waals surface area contributed by atoms with Crippen LogP contribution < -0.4 is 4.74 Å². The van der Waals surface area contributed by atoms with Gasteiger partial charge in [0.05, 0.1) is 18.8 Å². The molecule has 0 aromatic heterocycles. The van der Waals surface area contributed by atoms with Gasteiger partial charge >= 0.3 is 18.0 Å². The van der Waals surface area contributed by atoms with E-state index >= 15 is 4.39 Å². The van der Waals surface area contributed by atoms with Crippen molar-refractivity contribution < 1.29 is 41.4 Å². The van der Waals surface area contributed by atoms with Crippen molar-refractivity contribution in [1.29, 1.82) is 0 Å². The number of hydrogen-bond donors (Lipinski definition) is 0. The normalized spacial score (nSPS) is 11.1. The van der Waals surface area contributed by atoms with Crippen molar-refractivity contribution >= 4 is 17.5 Å². The molecule has 0 heterocycles. The first-order valence-corrected chi connectivity index (χ1v) is 13.4. The Morgan fingerprint density at radius 3 is 2.15 bits per heavy atom. The molecule has 2 aromatic carbocycles. The second-order valence-corrected chi connectivity index (χ2v) is 9.26. The minimum absolute atomic E-state index is 0.0794. The number of benzene rings is 2. The summed E-state index contributed by atoms with van der Waals surface area (Å²) in [6, 6.07) is 7.29. The summed E-state index contributed by atoms with van der Waals surface area (Å²) in [7, 11) is 0. The van der Waals surface area contributed by atoms with Crippen LogP contribution in [0.4, 0.5) is 17.6 Å². The Morgan fingerprint density at radius 1 is 0.875 bits per heavy atom. The predicted molar refractivity (Wildman–Crippen MR) is 145 cm³/mol. The van der Waals surface area contributed by atoms with Crippen molar-refractivity contribution in [3.8, 4) is 5.75 Å². The fourth-order valence-corrected chi connectivity index (χ4v) is 3.88. The molecule has 218 valence electrons. The summed E-state index contributed by atoms with van der Waals surface area (Å²) >= 11 is 0. The summed E-state index contributed by atoms with van der Waals surface area (Å²) < 4.78 is 74.1. The van der Waals surface area contributed by atoms with Crippen molar-refractivity contribution in [2.75, 3.05) is 13.2 Å². The summed E-state index contributed by atoms with van der Waals surface area (Å²) in [6.45, 7) is 9.21. The third kappa shape index (κ3) is 10.2. The lowest BCUT2D eigenvalue weighted by atomic mass is 10.0. The van der Waals surface area contributed by atoms with E-state index in [-0.39, 0.29) is 12.4 Å². The second kappa shape index (κ2) is 16.5. The molecule has 9 heteroatoms. The number of unbranched alkanes of at least 4 members (excludes halogenated alkanes) is 6. The lowest BCUT2D eigenvalue weighted by molar-refractivity contribution is -0.189. The average Bonchev–Trinajstić information content (AvgIpc) is 2.92. The molecule has 0 saturated carbocycles. The minimum atomic E-state index is -4.37. The summed E-state index contributed by atoms with van der Waals surface area (Å²) in [4.78, 5) is 23.2. The lowest BCUT2D eigenvalue weighted by Crippen LogP contribution is -2.26. The Balaban J connectivity index is 1.97. The Labute approximate surface area is 232 Å². The van der Waals surface area contributed by atoms with Gasteiger partial charge in [-0.25, -0.2) is 18.4 Å². The van der Waals surface area contributed by atoms with Gasteiger partial charge in [0.2, 0.25) is 0 Å². The molecule has 0 saturated heterocycles. The van der Waals surface area contributed by atoms with E-state index in [1.807, 2.05) is 6.92 Å². The Hall–Kier alpha value is -3.62. The minimum Gasteiger partial charge on any atom is -0.463 e. The molecular weight excluding hydrogens is 528 g/mol. The van der Waals surface area contributed by atoms with Crippen molar-refractivity contribution in [1.82, 2.24) is 0 Å². The van der Waals surface area contributed by atoms with Gasteiger partial charge in [-0.3, -0.25) is 0 Å². The van der Waals surface area contributed by atoms with Gasteiger partial charge in [-0.05, 0) is 55.5 Å². The zero-order chi connectivity index (χ0) is 29.5. The van der Waals surface area contributed by atoms with Gasteiger partial charge in [0, 0.05) is 11.6 Å². The van der Waals surface area contributed by atoms with Crippen LogP contribution in [0.1, 0.15) is 75.0 Å². The van der Waals surface area contributed by atoms with E-state index in [1.54, 1.807) is 12.1 Å². The van der Waals surface area contributed by atoms with Gasteiger partial charge in [0.15, 0.2) is 0 Å². The first kappa shape index (κ1) is 32.6. The highest BCUT2D eigenvalue weighted by Gasteiger charge is 2.42. The first-order chi connectivity index (χ1) is 19.1. The molecule has 0 unspecified atom stereocenters. The van der Waals surface area contributed by atoms with Crippen molar-refractivity contribution in [3.05, 3.63) is 84.0 Å². The van der Waals surface area contributed by atoms with Crippen LogP contribution in [-0.2, 0) is 31.6 Å². The van der Waals surface area contributed by atoms with Crippen LogP contribution >= 0.6 is 0 Å². The van der Waals surface area contributed by atoms with E-state index in [1.165, 1.54) is 12.1 Å². The summed E-state index contributed by atoms with van der Waals surface area (Å²) in [5, 5.41) is 0. The van der Waals surface area contributed by atoms with Gasteiger partial charge in [-0.15, -0.1) is 0 Å². The number of hydrogen-bond acceptors (Lipinski definition) is 5. The van der Waals surface area contributed by atoms with Crippen LogP contribution in [0.5, 0.6) is 5.75 Å². The Bertz CT molecular complexity index is 1150. The van der Waals surface area contributed by atoms with E-state index in [0.29, 0.717) is 25.5 Å². The number of halogens is 4. The summed E-state index contributed by atoms with van der Waals surface area (Å²) in [6.07, 6.45) is 4.12. The van der Waals surface area contributed by atoms with Gasteiger partial charge in [-0.1, -0.05) is 64.3 Å². The summed E-state index contributed by atoms with van der Waals surface area (Å²) in [5.41, 5.74) is -1.83. The third-order valence-electron chi connectivity index (χ3n) is 6.12. The molecule has 0 fully saturated rings. The van der Waals surface area contributed by atoms with Gasteiger partial charge in [0.1, 0.15) is 22.9 Å². The maximum Gasteiger partial charge on any atom is 0.432 e. The maximum absolute atomic E-state index is 15.1. The lowest BCUT2D eigenvalue weighted by Gasteiger charge is -2.21. The quantitative estimate of drug-likeness (QED) is 0.0793. The molecule has 0 atom stereocenters. The topological polar surface area (TPSA) is 61.8 Å². The average molecular weight is 565 g/mol. The maximum atomic E-state index is 15.1. The number of ether oxygens (including phenoxy) is 3. The number of esters is 2. The molecule has 2 aromatic rings. The number of aryl methyl sites for hydroxylation is 1. The van der Waals surface area contributed by atoms with Crippen LogP contribution in [0.15, 0.2) is 55.6 Å². The smallest absolute Gasteiger partial charge is 0.432 e. The monoisotopic (exact) mass is 564 g/mol. The zero-order valence-corrected chi connectivity index (χ0v) is 22.8. The van der Waals surface area contributed by atoms with E-state index in [2.05, 4.69) is 13.2 Å². The van der Waals surface area contributed by atoms with Crippen LogP contribution in [0.3, 0.4) is 0 Å². The molecule has 2 rings (SSSR count). The highest BCUT2D eigenvalue weighted by Crippen LogP contribution is 2.37. The molecule has 5 nitrogen and oxygen atoms in total. The molecule has 0 amide bonds. The fraction of sp³-hybridized carbons (Fsp3) is 0.419. The highest BCUT2D eigenvalue weighted by atomic mass is 19.3. The number of rotatable bonds is 18. The standard InChI is InChI=1S/C31H36F4O5/c1-4-6-7-11-21-39-30(37)22(3)25-18-19-26(32)28(29(25)33)31(34,35)40-24-16-14-23(15-17-24)13-10-8-9-12-20-38-27(36)5-2/h5,14-19H,2-4,6-13,20-21H2,1H3. The van der Waals surface area contributed by atoms with Gasteiger partial charge in [0.25, 0.3) is 0 Å². The van der Waals surface area contributed by atoms with Gasteiger partial charge < -0.3 is 14.2 Å². The van der Waals surface area contributed by atoms with Gasteiger partial charge in [-0.2, -0.15) is 8.78 Å². The molecular formula is C31H36F4O5. The second-order valence-electron chi connectivity index (χ2n) is 9.26. The Kier molecular flexibility index (Phi) is 13.4. The predicted octanol–water partition coefficient (Wildman–Crippen LogP) is 8.06. The third-order valence-corrected chi connectivity index (χ3v) is 6.12. The molecule has 0 bridgehead atoms. The molecule has 0 spiro atoms. The molecule has 0 aliphatic rings. The molecule has 0 N–H and O–H groups in total. The van der Waals surface area contributed by atoms with Crippen LogP contribution in [-0.4, -0.2) is 25.2 Å². The SMILES string of the molecule is C=CC(=O)OCCCCCCc1ccc(OC(F)(F)c2c(F)ccc(C(=C)C(=O)OCCCCCC)c2F)cc1. The van der Waals surface area contributed by atoms with Crippen LogP contribution in [0.2, 0.25) is 0 Å². The van der Waals surface area contributed by atoms with E-state index in [9.17, 15) is 22.8 Å². The number of alkyl halides is 2. The molecule has 0 aliphatic carbocycles. The molecule has 0 aliphatic heterocycles. The summed E-state index contributed by atoms with van der Waals surface area (Å²) in [5.74, 6) is -4.88. The van der Waals surface area contributed by atoms with E-state index in [4.69, 9.17) is 14.2 Å². The van der Waals surface area contributed by atoms with Crippen LogP contribution in [0.25, 0.3) is 5.57 Å². The molecule has 0 radical (unpaired) electrons. The largest absolute Gasteiger partial charge is 0.463 e.